The number of benzene rings is 1. The number of ether oxygens (including phenoxy) is 2. The normalized spacial score (nSPS) is 10.3. The lowest BCUT2D eigenvalue weighted by Gasteiger charge is -2.09. The highest BCUT2D eigenvalue weighted by Gasteiger charge is 2.17. The second-order valence-electron chi connectivity index (χ2n) is 5.43. The Kier molecular flexibility index (Phi) is 7.42. The lowest BCUT2D eigenvalue weighted by molar-refractivity contribution is -0.123. The van der Waals surface area contributed by atoms with Gasteiger partial charge in [0.2, 0.25) is 0 Å². The molecule has 0 aliphatic heterocycles. The molecule has 1 aromatic heterocycles. The fourth-order valence-corrected chi connectivity index (χ4v) is 3.34. The number of carbonyl (C=O) groups excluding carboxylic acids is 3. The molecule has 0 bridgehead atoms. The van der Waals surface area contributed by atoms with Crippen LogP contribution in [0.15, 0.2) is 33.7 Å². The third kappa shape index (κ3) is 5.85. The van der Waals surface area contributed by atoms with E-state index in [1.54, 1.807) is 31.2 Å². The summed E-state index contributed by atoms with van der Waals surface area (Å²) in [6, 6.07) is 6.91. The van der Waals surface area contributed by atoms with Crippen molar-refractivity contribution in [3.8, 4) is 0 Å². The zero-order valence-corrected chi connectivity index (χ0v) is 16.1. The molecular formula is C18H20N2O6S. The monoisotopic (exact) mass is 392 g/mol. The number of nitrogens with zero attached hydrogens (tertiary/aromatic N) is 1. The van der Waals surface area contributed by atoms with E-state index in [0.29, 0.717) is 16.2 Å². The summed E-state index contributed by atoms with van der Waals surface area (Å²) in [5, 5.41) is 5.87. The van der Waals surface area contributed by atoms with Crippen LogP contribution in [0.1, 0.15) is 34.3 Å². The molecule has 0 aliphatic carbocycles. The Morgan fingerprint density at radius 1 is 1.19 bits per heavy atom. The molecule has 0 atom stereocenters. The number of aromatic nitrogens is 1. The highest BCUT2D eigenvalue weighted by atomic mass is 32.2. The summed E-state index contributed by atoms with van der Waals surface area (Å²) in [4.78, 5) is 35.8. The summed E-state index contributed by atoms with van der Waals surface area (Å²) >= 11 is 1.44. The maximum absolute atomic E-state index is 12.3. The first-order valence-electron chi connectivity index (χ1n) is 8.19. The second kappa shape index (κ2) is 9.77. The van der Waals surface area contributed by atoms with Crippen molar-refractivity contribution < 1.29 is 28.4 Å². The van der Waals surface area contributed by atoms with Gasteiger partial charge in [0.15, 0.2) is 6.61 Å². The molecule has 1 N–H and O–H groups in total. The van der Waals surface area contributed by atoms with Crippen molar-refractivity contribution in [2.45, 2.75) is 31.4 Å². The van der Waals surface area contributed by atoms with Crippen LogP contribution in [-0.4, -0.2) is 36.3 Å². The number of esters is 1. The van der Waals surface area contributed by atoms with Crippen molar-refractivity contribution in [3.05, 3.63) is 46.8 Å². The molecule has 0 fully saturated rings. The van der Waals surface area contributed by atoms with Gasteiger partial charge in [-0.05, 0) is 32.9 Å². The lowest BCUT2D eigenvalue weighted by Crippen LogP contribution is -2.34. The smallest absolute Gasteiger partial charge is 0.413 e. The third-order valence-corrected chi connectivity index (χ3v) is 4.61. The van der Waals surface area contributed by atoms with Gasteiger partial charge in [0.25, 0.3) is 5.91 Å². The number of imide groups is 1. The predicted octanol–water partition coefficient (Wildman–Crippen LogP) is 3.01. The first kappa shape index (κ1) is 20.5. The largest absolute Gasteiger partial charge is 0.452 e. The van der Waals surface area contributed by atoms with E-state index >= 15 is 0 Å². The molecule has 2 rings (SSSR count). The minimum Gasteiger partial charge on any atom is -0.452 e. The van der Waals surface area contributed by atoms with Crippen molar-refractivity contribution in [2.75, 3.05) is 13.2 Å². The zero-order chi connectivity index (χ0) is 19.8. The van der Waals surface area contributed by atoms with Crippen LogP contribution in [-0.2, 0) is 20.0 Å². The van der Waals surface area contributed by atoms with Gasteiger partial charge in [-0.2, -0.15) is 0 Å². The molecule has 0 aliphatic rings. The number of thioether (sulfide) groups is 1. The topological polar surface area (TPSA) is 108 Å². The SMILES string of the molecule is CCOC(=O)NC(=O)COC(=O)c1ccccc1SCc1c(C)noc1C. The predicted molar refractivity (Wildman–Crippen MR) is 97.4 cm³/mol. The van der Waals surface area contributed by atoms with Crippen molar-refractivity contribution in [1.29, 1.82) is 0 Å². The summed E-state index contributed by atoms with van der Waals surface area (Å²) in [5.41, 5.74) is 2.10. The fourth-order valence-electron chi connectivity index (χ4n) is 2.14. The van der Waals surface area contributed by atoms with Crippen LogP contribution in [0.25, 0.3) is 0 Å². The summed E-state index contributed by atoms with van der Waals surface area (Å²) in [6.07, 6.45) is -0.881. The number of nitrogens with one attached hydrogen (secondary N) is 1. The molecular weight excluding hydrogens is 372 g/mol. The van der Waals surface area contributed by atoms with E-state index in [0.717, 1.165) is 17.0 Å². The Balaban J connectivity index is 1.97. The Morgan fingerprint density at radius 2 is 1.93 bits per heavy atom. The maximum atomic E-state index is 12.3. The van der Waals surface area contributed by atoms with Crippen molar-refractivity contribution in [2.24, 2.45) is 0 Å². The summed E-state index contributed by atoms with van der Waals surface area (Å²) < 4.78 is 14.7. The van der Waals surface area contributed by atoms with Crippen molar-refractivity contribution in [1.82, 2.24) is 10.5 Å². The van der Waals surface area contributed by atoms with Gasteiger partial charge in [-0.1, -0.05) is 17.3 Å². The molecule has 2 aromatic rings. The molecule has 27 heavy (non-hydrogen) atoms. The van der Waals surface area contributed by atoms with E-state index in [-0.39, 0.29) is 6.61 Å². The number of carbonyl (C=O) groups is 3. The molecule has 0 radical (unpaired) electrons. The number of aryl methyl sites for hydroxylation is 2. The lowest BCUT2D eigenvalue weighted by atomic mass is 10.2. The number of hydrogen-bond acceptors (Lipinski definition) is 8. The Hall–Kier alpha value is -2.81. The second-order valence-corrected chi connectivity index (χ2v) is 6.45. The molecule has 0 spiro atoms. The average molecular weight is 392 g/mol. The summed E-state index contributed by atoms with van der Waals surface area (Å²) in [6.45, 7) is 4.85. The number of alkyl carbamates (subject to hydrolysis) is 1. The van der Waals surface area contributed by atoms with Crippen LogP contribution in [0.2, 0.25) is 0 Å². The zero-order valence-electron chi connectivity index (χ0n) is 15.2. The van der Waals surface area contributed by atoms with Crippen molar-refractivity contribution in [3.63, 3.8) is 0 Å². The number of hydrogen-bond donors (Lipinski definition) is 1. The average Bonchev–Trinajstić information content (AvgIpc) is 2.96. The highest BCUT2D eigenvalue weighted by molar-refractivity contribution is 7.98. The fraction of sp³-hybridized carbons (Fsp3) is 0.333. The highest BCUT2D eigenvalue weighted by Crippen LogP contribution is 2.29. The van der Waals surface area contributed by atoms with Gasteiger partial charge in [0.1, 0.15) is 5.76 Å². The molecule has 0 saturated heterocycles. The molecule has 0 saturated carbocycles. The minimum atomic E-state index is -0.881. The van der Waals surface area contributed by atoms with Gasteiger partial charge in [-0.25, -0.2) is 9.59 Å². The van der Waals surface area contributed by atoms with E-state index in [9.17, 15) is 14.4 Å². The quantitative estimate of drug-likeness (QED) is 0.566. The Bertz CT molecular complexity index is 814. The standard InChI is InChI=1S/C18H20N2O6S/c1-4-24-18(23)19-16(21)9-25-17(22)13-7-5-6-8-15(13)27-10-14-11(2)20-26-12(14)3/h5-8H,4,9-10H2,1-3H3,(H,19,21,23). The summed E-state index contributed by atoms with van der Waals surface area (Å²) in [5.74, 6) is -0.108. The van der Waals surface area contributed by atoms with Gasteiger partial charge in [0, 0.05) is 16.2 Å². The molecule has 8 nitrogen and oxygen atoms in total. The van der Waals surface area contributed by atoms with Crippen LogP contribution in [0.4, 0.5) is 4.79 Å². The number of rotatable bonds is 7. The van der Waals surface area contributed by atoms with Crippen LogP contribution < -0.4 is 5.32 Å². The Morgan fingerprint density at radius 3 is 2.59 bits per heavy atom. The van der Waals surface area contributed by atoms with E-state index in [2.05, 4.69) is 9.89 Å². The van der Waals surface area contributed by atoms with Gasteiger partial charge < -0.3 is 14.0 Å². The van der Waals surface area contributed by atoms with Crippen LogP contribution in [0, 0.1) is 13.8 Å². The maximum Gasteiger partial charge on any atom is 0.413 e. The molecule has 1 heterocycles. The van der Waals surface area contributed by atoms with Gasteiger partial charge in [-0.3, -0.25) is 10.1 Å². The first-order chi connectivity index (χ1) is 12.9. The van der Waals surface area contributed by atoms with Crippen molar-refractivity contribution >= 4 is 29.7 Å². The minimum absolute atomic E-state index is 0.134. The van der Waals surface area contributed by atoms with Gasteiger partial charge in [-0.15, -0.1) is 11.8 Å². The van der Waals surface area contributed by atoms with Gasteiger partial charge in [0.05, 0.1) is 17.9 Å². The van der Waals surface area contributed by atoms with Crippen LogP contribution >= 0.6 is 11.8 Å². The Labute approximate surface area is 160 Å². The van der Waals surface area contributed by atoms with Gasteiger partial charge >= 0.3 is 12.1 Å². The van der Waals surface area contributed by atoms with E-state index in [1.165, 1.54) is 11.8 Å². The molecule has 144 valence electrons. The molecule has 1 aromatic carbocycles. The van der Waals surface area contributed by atoms with Crippen LogP contribution in [0.3, 0.4) is 0 Å². The number of amides is 2. The van der Waals surface area contributed by atoms with E-state index in [4.69, 9.17) is 9.26 Å². The molecule has 9 heteroatoms. The molecule has 2 amide bonds. The molecule has 0 unspecified atom stereocenters. The van der Waals surface area contributed by atoms with E-state index in [1.807, 2.05) is 19.2 Å². The third-order valence-electron chi connectivity index (χ3n) is 3.51. The summed E-state index contributed by atoms with van der Waals surface area (Å²) in [7, 11) is 0. The first-order valence-corrected chi connectivity index (χ1v) is 9.18. The van der Waals surface area contributed by atoms with E-state index < -0.39 is 24.6 Å². The van der Waals surface area contributed by atoms with Crippen LogP contribution in [0.5, 0.6) is 0 Å².